The number of cyclic esters (lactones) is 1. The molecule has 2 aliphatic heterocycles. The van der Waals surface area contributed by atoms with E-state index >= 15 is 0 Å². The van der Waals surface area contributed by atoms with Gasteiger partial charge in [-0.2, -0.15) is 0 Å². The summed E-state index contributed by atoms with van der Waals surface area (Å²) in [6.07, 6.45) is 6.39. The maximum absolute atomic E-state index is 12.4. The van der Waals surface area contributed by atoms with E-state index in [1.54, 1.807) is 6.08 Å². The van der Waals surface area contributed by atoms with Crippen LogP contribution in [0.4, 0.5) is 0 Å². The number of carbonyl (C=O) groups excluding carboxylic acids is 2. The number of hydrogen-bond donors (Lipinski definition) is 2. The molecule has 9 nitrogen and oxygen atoms in total. The van der Waals surface area contributed by atoms with Crippen LogP contribution in [0, 0.1) is 34.5 Å². The molecule has 2 heterocycles. The van der Waals surface area contributed by atoms with Crippen molar-refractivity contribution in [1.29, 1.82) is 0 Å². The Morgan fingerprint density at radius 1 is 1.05 bits per heavy atom. The van der Waals surface area contributed by atoms with Crippen LogP contribution >= 0.6 is 0 Å². The molecule has 0 aromatic rings. The van der Waals surface area contributed by atoms with Crippen molar-refractivity contribution in [2.24, 2.45) is 34.5 Å². The fourth-order valence-corrected chi connectivity index (χ4v) is 10.4. The van der Waals surface area contributed by atoms with E-state index in [1.165, 1.54) is 14.0 Å². The number of ether oxygens (including phenoxy) is 5. The van der Waals surface area contributed by atoms with E-state index < -0.39 is 42.3 Å². The van der Waals surface area contributed by atoms with Crippen LogP contribution in [-0.4, -0.2) is 78.3 Å². The van der Waals surface area contributed by atoms with Crippen molar-refractivity contribution >= 4 is 11.9 Å². The smallest absolute Gasteiger partial charge is 0.331 e. The Hall–Kier alpha value is -1.52. The van der Waals surface area contributed by atoms with Crippen molar-refractivity contribution in [1.82, 2.24) is 0 Å². The van der Waals surface area contributed by atoms with Crippen molar-refractivity contribution in [2.75, 3.05) is 13.7 Å². The summed E-state index contributed by atoms with van der Waals surface area (Å²) in [4.78, 5) is 23.4. The maximum atomic E-state index is 12.4. The SMILES string of the molecule is COC1C(O)[C@H](O[C@@H]2CC[C@]3(C)C4CC[C@]5(C)[C@@H](C6=CC(=O)OC6)CC[C@]5(O)C4CC[C@@H]3C2)OC(C)[C@H]1OC(C)=O. The van der Waals surface area contributed by atoms with E-state index in [-0.39, 0.29) is 34.7 Å². The Morgan fingerprint density at radius 3 is 2.51 bits per heavy atom. The standard InChI is InChI=1S/C32H48O9/c1-17-27(40-18(2)33)28(37-5)26(35)29(39-17)41-21-8-11-30(3)20(15-21)6-7-24-23(30)9-12-31(4)22(10-13-32(24,31)36)19-14-25(34)38-16-19/h14,17,20-24,26-29,35-36H,6-13,15-16H2,1-5H3/t17?,20-,21-,22-,23?,24?,26?,27-,28?,29+,30+,31-,32+/m1/s1. The Balaban J connectivity index is 1.13. The predicted molar refractivity (Wildman–Crippen MR) is 147 cm³/mol. The molecule has 0 aromatic carbocycles. The third-order valence-corrected chi connectivity index (χ3v) is 12.6. The zero-order valence-corrected chi connectivity index (χ0v) is 25.2. The summed E-state index contributed by atoms with van der Waals surface area (Å²) < 4.78 is 28.6. The molecule has 0 radical (unpaired) electrons. The number of fused-ring (bicyclic) bond motifs is 5. The number of rotatable bonds is 5. The summed E-state index contributed by atoms with van der Waals surface area (Å²) in [5.74, 6) is 0.697. The van der Waals surface area contributed by atoms with Crippen molar-refractivity contribution in [2.45, 2.75) is 128 Å². The Morgan fingerprint density at radius 2 is 1.83 bits per heavy atom. The minimum absolute atomic E-state index is 0.0427. The van der Waals surface area contributed by atoms with Gasteiger partial charge in [0.15, 0.2) is 12.4 Å². The molecule has 2 N–H and O–H groups in total. The topological polar surface area (TPSA) is 121 Å². The van der Waals surface area contributed by atoms with Gasteiger partial charge in [0.1, 0.15) is 18.8 Å². The van der Waals surface area contributed by atoms with Crippen molar-refractivity contribution in [3.8, 4) is 0 Å². The number of aliphatic hydroxyl groups is 2. The van der Waals surface area contributed by atoms with Gasteiger partial charge in [0.25, 0.3) is 0 Å². The van der Waals surface area contributed by atoms with E-state index in [9.17, 15) is 19.8 Å². The largest absolute Gasteiger partial charge is 0.458 e. The van der Waals surface area contributed by atoms with Crippen LogP contribution in [0.1, 0.15) is 85.5 Å². The summed E-state index contributed by atoms with van der Waals surface area (Å²) in [5, 5.41) is 23.5. The van der Waals surface area contributed by atoms with Gasteiger partial charge in [-0.1, -0.05) is 13.8 Å². The minimum atomic E-state index is -1.07. The zero-order chi connectivity index (χ0) is 29.3. The van der Waals surface area contributed by atoms with E-state index in [0.29, 0.717) is 18.4 Å². The van der Waals surface area contributed by atoms with Crippen LogP contribution in [0.3, 0.4) is 0 Å². The second kappa shape index (κ2) is 10.6. The lowest BCUT2D eigenvalue weighted by atomic mass is 9.43. The van der Waals surface area contributed by atoms with Gasteiger partial charge in [-0.3, -0.25) is 4.79 Å². The van der Waals surface area contributed by atoms with E-state index in [2.05, 4.69) is 13.8 Å². The van der Waals surface area contributed by atoms with Crippen molar-refractivity contribution < 1.29 is 43.5 Å². The monoisotopic (exact) mass is 576 g/mol. The van der Waals surface area contributed by atoms with Gasteiger partial charge in [0.05, 0.1) is 17.8 Å². The zero-order valence-electron chi connectivity index (χ0n) is 25.2. The van der Waals surface area contributed by atoms with Gasteiger partial charge in [-0.05, 0) is 99.4 Å². The summed E-state index contributed by atoms with van der Waals surface area (Å²) in [6, 6.07) is 0. The molecule has 4 saturated carbocycles. The lowest BCUT2D eigenvalue weighted by Crippen LogP contribution is -2.63. The highest BCUT2D eigenvalue weighted by Gasteiger charge is 2.67. The lowest BCUT2D eigenvalue weighted by molar-refractivity contribution is -0.314. The quantitative estimate of drug-likeness (QED) is 0.373. The summed E-state index contributed by atoms with van der Waals surface area (Å²) in [5.41, 5.74) is 0.238. The van der Waals surface area contributed by atoms with Gasteiger partial charge in [-0.25, -0.2) is 4.79 Å². The molecule has 4 aliphatic carbocycles. The fourth-order valence-electron chi connectivity index (χ4n) is 10.4. The van der Waals surface area contributed by atoms with E-state index in [0.717, 1.165) is 63.4 Å². The molecule has 6 rings (SSSR count). The molecule has 6 aliphatic rings. The molecule has 0 aromatic heterocycles. The molecular weight excluding hydrogens is 528 g/mol. The van der Waals surface area contributed by atoms with Crippen LogP contribution in [0.2, 0.25) is 0 Å². The van der Waals surface area contributed by atoms with Gasteiger partial charge in [0.2, 0.25) is 0 Å². The molecule has 5 unspecified atom stereocenters. The highest BCUT2D eigenvalue weighted by Crippen LogP contribution is 2.70. The first-order chi connectivity index (χ1) is 19.4. The average Bonchev–Trinajstić information content (AvgIpc) is 3.46. The Bertz CT molecular complexity index is 1080. The molecule has 9 heteroatoms. The molecule has 1 saturated heterocycles. The van der Waals surface area contributed by atoms with Gasteiger partial charge in [0, 0.05) is 25.5 Å². The number of esters is 2. The highest BCUT2D eigenvalue weighted by molar-refractivity contribution is 5.85. The van der Waals surface area contributed by atoms with Crippen molar-refractivity contribution in [3.63, 3.8) is 0 Å². The average molecular weight is 577 g/mol. The first-order valence-electron chi connectivity index (χ1n) is 15.7. The lowest BCUT2D eigenvalue weighted by Gasteiger charge is -2.64. The Kier molecular flexibility index (Phi) is 7.62. The third kappa shape index (κ3) is 4.60. The van der Waals surface area contributed by atoms with E-state index in [4.69, 9.17) is 23.7 Å². The second-order valence-electron chi connectivity index (χ2n) is 14.3. The van der Waals surface area contributed by atoms with Gasteiger partial charge in [-0.15, -0.1) is 0 Å². The van der Waals surface area contributed by atoms with E-state index in [1.807, 2.05) is 6.92 Å². The molecule has 41 heavy (non-hydrogen) atoms. The second-order valence-corrected chi connectivity index (χ2v) is 14.3. The van der Waals surface area contributed by atoms with Crippen molar-refractivity contribution in [3.05, 3.63) is 11.6 Å². The van der Waals surface area contributed by atoms with Crippen LogP contribution in [0.25, 0.3) is 0 Å². The predicted octanol–water partition coefficient (Wildman–Crippen LogP) is 3.68. The van der Waals surface area contributed by atoms with Crippen LogP contribution in [0.5, 0.6) is 0 Å². The van der Waals surface area contributed by atoms with Gasteiger partial charge >= 0.3 is 11.9 Å². The Labute approximate surface area is 243 Å². The summed E-state index contributed by atoms with van der Waals surface area (Å²) >= 11 is 0. The highest BCUT2D eigenvalue weighted by atomic mass is 16.7. The van der Waals surface area contributed by atoms with Crippen LogP contribution in [0.15, 0.2) is 11.6 Å². The molecule has 0 bridgehead atoms. The molecule has 0 spiro atoms. The van der Waals surface area contributed by atoms with Crippen LogP contribution in [-0.2, 0) is 33.3 Å². The van der Waals surface area contributed by atoms with Crippen LogP contribution < -0.4 is 0 Å². The van der Waals surface area contributed by atoms with Gasteiger partial charge < -0.3 is 33.9 Å². The molecule has 0 amide bonds. The summed E-state index contributed by atoms with van der Waals surface area (Å²) in [7, 11) is 1.50. The molecular formula is C32H48O9. The number of carbonyl (C=O) groups is 2. The first kappa shape index (κ1) is 29.5. The number of methoxy groups -OCH3 is 1. The first-order valence-corrected chi connectivity index (χ1v) is 15.7. The molecule has 230 valence electrons. The normalized spacial score (nSPS) is 51.2. The number of aliphatic hydroxyl groups excluding tert-OH is 1. The molecule has 5 fully saturated rings. The number of hydrogen-bond acceptors (Lipinski definition) is 9. The fraction of sp³-hybridized carbons (Fsp3) is 0.875. The molecule has 13 atom stereocenters. The summed E-state index contributed by atoms with van der Waals surface area (Å²) in [6.45, 7) is 8.22. The maximum Gasteiger partial charge on any atom is 0.331 e. The minimum Gasteiger partial charge on any atom is -0.458 e. The third-order valence-electron chi connectivity index (χ3n) is 12.6.